The highest BCUT2D eigenvalue weighted by Crippen LogP contribution is 2.20. The van der Waals surface area contributed by atoms with Crippen molar-refractivity contribution in [3.8, 4) is 0 Å². The third-order valence-electron chi connectivity index (χ3n) is 3.17. The van der Waals surface area contributed by atoms with Crippen LogP contribution in [-0.2, 0) is 6.42 Å². The number of carbonyl (C=O) groups is 1. The molecule has 0 saturated heterocycles. The van der Waals surface area contributed by atoms with E-state index in [9.17, 15) is 4.79 Å². The number of nitrogens with one attached hydrogen (secondary N) is 1. The Morgan fingerprint density at radius 1 is 1.23 bits per heavy atom. The first-order valence-electron chi connectivity index (χ1n) is 6.77. The van der Waals surface area contributed by atoms with Crippen LogP contribution in [0.3, 0.4) is 0 Å². The summed E-state index contributed by atoms with van der Waals surface area (Å²) in [5, 5.41) is 1.83. The molecule has 0 saturated carbocycles. The Kier molecular flexibility index (Phi) is 5.35. The number of rotatable bonds is 3. The predicted octanol–water partition coefficient (Wildman–Crippen LogP) is 3.30. The van der Waals surface area contributed by atoms with E-state index in [1.165, 1.54) is 5.01 Å². The summed E-state index contributed by atoms with van der Waals surface area (Å²) in [6.45, 7) is 2.02. The Bertz CT molecular complexity index is 705. The number of carbonyl (C=O) groups excluding carboxylic acids is 1. The van der Waals surface area contributed by atoms with Gasteiger partial charge in [-0.05, 0) is 42.4 Å². The van der Waals surface area contributed by atoms with Gasteiger partial charge in [0.2, 0.25) is 0 Å². The van der Waals surface area contributed by atoms with E-state index in [0.29, 0.717) is 10.6 Å². The van der Waals surface area contributed by atoms with Crippen molar-refractivity contribution in [2.75, 3.05) is 5.01 Å². The van der Waals surface area contributed by atoms with E-state index in [4.69, 9.17) is 29.6 Å². The molecule has 114 valence electrons. The molecule has 6 heteroatoms. The molecular formula is C16H16ClN3OS. The molecule has 2 rings (SSSR count). The van der Waals surface area contributed by atoms with Crippen LogP contribution in [0.15, 0.2) is 48.5 Å². The average molecular weight is 334 g/mol. The van der Waals surface area contributed by atoms with Crippen molar-refractivity contribution in [3.63, 3.8) is 0 Å². The lowest BCUT2D eigenvalue weighted by Gasteiger charge is -2.25. The number of aryl methyl sites for hydroxylation is 1. The number of hydrogen-bond donors (Lipinski definition) is 2. The lowest BCUT2D eigenvalue weighted by atomic mass is 10.1. The molecule has 3 N–H and O–H groups in total. The number of anilines is 1. The van der Waals surface area contributed by atoms with Gasteiger partial charge in [-0.1, -0.05) is 48.9 Å². The molecule has 0 atom stereocenters. The minimum Gasteiger partial charge on any atom is -0.374 e. The fourth-order valence-corrected chi connectivity index (χ4v) is 2.43. The Morgan fingerprint density at radius 3 is 2.50 bits per heavy atom. The normalized spacial score (nSPS) is 10.1. The maximum Gasteiger partial charge on any atom is 0.271 e. The molecule has 0 aliphatic heterocycles. The van der Waals surface area contributed by atoms with Crippen LogP contribution in [-0.4, -0.2) is 11.0 Å². The van der Waals surface area contributed by atoms with E-state index in [2.05, 4.69) is 5.43 Å². The number of nitrogens with zero attached hydrogens (tertiary/aromatic N) is 1. The largest absolute Gasteiger partial charge is 0.374 e. The third kappa shape index (κ3) is 3.55. The fraction of sp³-hybridized carbons (Fsp3) is 0.125. The summed E-state index contributed by atoms with van der Waals surface area (Å²) < 4.78 is 0. The molecule has 0 fully saturated rings. The van der Waals surface area contributed by atoms with Crippen molar-refractivity contribution < 1.29 is 4.79 Å². The van der Waals surface area contributed by atoms with Crippen LogP contribution in [0.4, 0.5) is 5.69 Å². The van der Waals surface area contributed by atoms with Crippen molar-refractivity contribution >= 4 is 40.5 Å². The Morgan fingerprint density at radius 2 is 1.86 bits per heavy atom. The molecule has 0 radical (unpaired) electrons. The summed E-state index contributed by atoms with van der Waals surface area (Å²) in [7, 11) is 0. The number of hydrazine groups is 1. The second-order valence-electron chi connectivity index (χ2n) is 4.58. The van der Waals surface area contributed by atoms with Crippen molar-refractivity contribution in [1.82, 2.24) is 5.43 Å². The topological polar surface area (TPSA) is 58.4 Å². The summed E-state index contributed by atoms with van der Waals surface area (Å²) in [4.78, 5) is 12.4. The van der Waals surface area contributed by atoms with Gasteiger partial charge in [0, 0.05) is 0 Å². The van der Waals surface area contributed by atoms with Crippen molar-refractivity contribution in [1.29, 1.82) is 0 Å². The Hall–Kier alpha value is -2.11. The standard InChI is InChI=1S/C16H16ClN3OS/c1-2-11-7-3-6-10-14(11)20(16(18)22)19-15(21)12-8-4-5-9-13(12)17/h3-10H,2H2,1H3,(H2,18,22)(H,19,21). The number of benzene rings is 2. The molecule has 1 amide bonds. The van der Waals surface area contributed by atoms with E-state index >= 15 is 0 Å². The quantitative estimate of drug-likeness (QED) is 0.668. The maximum atomic E-state index is 12.4. The number of halogens is 1. The number of amides is 1. The van der Waals surface area contributed by atoms with Gasteiger partial charge in [-0.15, -0.1) is 0 Å². The first kappa shape index (κ1) is 16.3. The van der Waals surface area contributed by atoms with Crippen molar-refractivity contribution in [3.05, 3.63) is 64.7 Å². The van der Waals surface area contributed by atoms with Crippen molar-refractivity contribution in [2.45, 2.75) is 13.3 Å². The first-order valence-corrected chi connectivity index (χ1v) is 7.56. The second kappa shape index (κ2) is 7.24. The van der Waals surface area contributed by atoms with Gasteiger partial charge in [0.1, 0.15) is 0 Å². The molecule has 0 aromatic heterocycles. The van der Waals surface area contributed by atoms with Gasteiger partial charge in [-0.2, -0.15) is 0 Å². The van der Waals surface area contributed by atoms with Gasteiger partial charge < -0.3 is 5.73 Å². The number of nitrogens with two attached hydrogens (primary N) is 1. The minimum absolute atomic E-state index is 0.0568. The number of thiocarbonyl (C=S) groups is 1. The molecule has 0 aliphatic rings. The molecule has 2 aromatic rings. The lowest BCUT2D eigenvalue weighted by Crippen LogP contribution is -2.49. The van der Waals surface area contributed by atoms with Gasteiger partial charge in [0.15, 0.2) is 5.11 Å². The van der Waals surface area contributed by atoms with Gasteiger partial charge in [-0.25, -0.2) is 5.01 Å². The van der Waals surface area contributed by atoms with Crippen LogP contribution in [0.1, 0.15) is 22.8 Å². The van der Waals surface area contributed by atoms with Crippen LogP contribution in [0.5, 0.6) is 0 Å². The molecule has 0 heterocycles. The molecule has 2 aromatic carbocycles. The average Bonchev–Trinajstić information content (AvgIpc) is 2.52. The Labute approximate surface area is 139 Å². The number of hydrogen-bond acceptors (Lipinski definition) is 2. The zero-order valence-electron chi connectivity index (χ0n) is 12.0. The smallest absolute Gasteiger partial charge is 0.271 e. The van der Waals surface area contributed by atoms with Gasteiger partial charge in [-0.3, -0.25) is 10.2 Å². The molecule has 22 heavy (non-hydrogen) atoms. The molecule has 0 bridgehead atoms. The van der Waals surface area contributed by atoms with Gasteiger partial charge in [0.25, 0.3) is 5.91 Å². The minimum atomic E-state index is -0.371. The predicted molar refractivity (Wildman–Crippen MR) is 94.0 cm³/mol. The molecule has 0 unspecified atom stereocenters. The van der Waals surface area contributed by atoms with E-state index < -0.39 is 0 Å². The first-order chi connectivity index (χ1) is 10.5. The van der Waals surface area contributed by atoms with E-state index in [-0.39, 0.29) is 11.0 Å². The molecule has 4 nitrogen and oxygen atoms in total. The van der Waals surface area contributed by atoms with E-state index in [1.54, 1.807) is 24.3 Å². The maximum absolute atomic E-state index is 12.4. The summed E-state index contributed by atoms with van der Waals surface area (Å²) in [5.74, 6) is -0.371. The SMILES string of the molecule is CCc1ccccc1N(NC(=O)c1ccccc1Cl)C(N)=S. The second-order valence-corrected chi connectivity index (χ2v) is 5.40. The van der Waals surface area contributed by atoms with Gasteiger partial charge >= 0.3 is 0 Å². The van der Waals surface area contributed by atoms with E-state index in [0.717, 1.165) is 17.7 Å². The molecule has 0 spiro atoms. The summed E-state index contributed by atoms with van der Waals surface area (Å²) in [5.41, 5.74) is 10.6. The van der Waals surface area contributed by atoms with Crippen LogP contribution in [0, 0.1) is 0 Å². The highest BCUT2D eigenvalue weighted by molar-refractivity contribution is 7.80. The van der Waals surface area contributed by atoms with Gasteiger partial charge in [0.05, 0.1) is 16.3 Å². The lowest BCUT2D eigenvalue weighted by molar-refractivity contribution is 0.0955. The highest BCUT2D eigenvalue weighted by atomic mass is 35.5. The summed E-state index contributed by atoms with van der Waals surface area (Å²) in [6, 6.07) is 14.4. The Balaban J connectivity index is 2.32. The van der Waals surface area contributed by atoms with Crippen LogP contribution >= 0.6 is 23.8 Å². The highest BCUT2D eigenvalue weighted by Gasteiger charge is 2.18. The summed E-state index contributed by atoms with van der Waals surface area (Å²) in [6.07, 6.45) is 0.789. The third-order valence-corrected chi connectivity index (χ3v) is 3.68. The van der Waals surface area contributed by atoms with Crippen LogP contribution in [0.25, 0.3) is 0 Å². The summed E-state index contributed by atoms with van der Waals surface area (Å²) >= 11 is 11.1. The zero-order chi connectivity index (χ0) is 16.1. The monoisotopic (exact) mass is 333 g/mol. The van der Waals surface area contributed by atoms with Crippen LogP contribution < -0.4 is 16.2 Å². The van der Waals surface area contributed by atoms with Crippen molar-refractivity contribution in [2.24, 2.45) is 5.73 Å². The molecule has 0 aliphatic carbocycles. The molecular weight excluding hydrogens is 318 g/mol. The zero-order valence-corrected chi connectivity index (χ0v) is 13.6. The van der Waals surface area contributed by atoms with Crippen LogP contribution in [0.2, 0.25) is 5.02 Å². The fourth-order valence-electron chi connectivity index (χ4n) is 2.07. The number of para-hydroxylation sites is 1. The van der Waals surface area contributed by atoms with E-state index in [1.807, 2.05) is 31.2 Å².